The van der Waals surface area contributed by atoms with Crippen molar-refractivity contribution in [2.24, 2.45) is 0 Å². The number of ether oxygens (including phenoxy) is 1. The van der Waals surface area contributed by atoms with Gasteiger partial charge in [-0.05, 0) is 38.9 Å². The second kappa shape index (κ2) is 9.80. The molecule has 0 aliphatic carbocycles. The minimum absolute atomic E-state index is 0.0850. The molecule has 0 radical (unpaired) electrons. The molecule has 0 unspecified atom stereocenters. The van der Waals surface area contributed by atoms with Crippen LogP contribution in [0.2, 0.25) is 0 Å². The van der Waals surface area contributed by atoms with Gasteiger partial charge in [0.1, 0.15) is 0 Å². The Morgan fingerprint density at radius 2 is 1.73 bits per heavy atom. The second-order valence-electron chi connectivity index (χ2n) is 6.99. The zero-order chi connectivity index (χ0) is 19.2. The van der Waals surface area contributed by atoms with Crippen molar-refractivity contribution in [3.05, 3.63) is 35.9 Å². The summed E-state index contributed by atoms with van der Waals surface area (Å²) in [7, 11) is -3.51. The van der Waals surface area contributed by atoms with Crippen LogP contribution in [-0.2, 0) is 21.4 Å². The third-order valence-electron chi connectivity index (χ3n) is 4.87. The van der Waals surface area contributed by atoms with Crippen LogP contribution < -0.4 is 4.72 Å². The predicted octanol–water partition coefficient (Wildman–Crippen LogP) is 1.88. The Hall–Kier alpha value is -0.990. The van der Waals surface area contributed by atoms with Gasteiger partial charge in [-0.25, -0.2) is 4.72 Å². The predicted molar refractivity (Wildman–Crippen MR) is 105 cm³/mol. The van der Waals surface area contributed by atoms with Crippen molar-refractivity contribution in [3.63, 3.8) is 0 Å². The van der Waals surface area contributed by atoms with Crippen LogP contribution in [0, 0.1) is 0 Å². The van der Waals surface area contributed by atoms with Crippen LogP contribution in [0.4, 0.5) is 0 Å². The van der Waals surface area contributed by atoms with E-state index in [2.05, 4.69) is 35.6 Å². The normalized spacial score (nSPS) is 23.3. The van der Waals surface area contributed by atoms with Crippen LogP contribution in [0.15, 0.2) is 30.3 Å². The summed E-state index contributed by atoms with van der Waals surface area (Å²) in [6.45, 7) is 11.0. The van der Waals surface area contributed by atoms with Gasteiger partial charge in [-0.2, -0.15) is 12.7 Å². The molecule has 0 bridgehead atoms. The van der Waals surface area contributed by atoms with E-state index in [0.29, 0.717) is 19.6 Å². The van der Waals surface area contributed by atoms with E-state index in [4.69, 9.17) is 4.74 Å². The van der Waals surface area contributed by atoms with Gasteiger partial charge < -0.3 is 4.74 Å². The van der Waals surface area contributed by atoms with Crippen LogP contribution in [0.3, 0.4) is 0 Å². The van der Waals surface area contributed by atoms with E-state index in [0.717, 1.165) is 19.5 Å². The molecule has 1 aliphatic heterocycles. The summed E-state index contributed by atoms with van der Waals surface area (Å²) < 4.78 is 35.5. The standard InChI is InChI=1S/C19H33N3O3S/c1-5-21(6-2)19(12-18-10-8-7-9-11-18)13-20-26(23,24)22-14-16(3)25-17(4)15-22/h7-11,16-17,19-20H,5-6,12-15H2,1-4H3/t16-,17-,19+/m1/s1. The number of hydrogen-bond acceptors (Lipinski definition) is 4. The number of rotatable bonds is 9. The van der Waals surface area contributed by atoms with Gasteiger partial charge in [0.2, 0.25) is 0 Å². The summed E-state index contributed by atoms with van der Waals surface area (Å²) in [6, 6.07) is 10.4. The average Bonchev–Trinajstić information content (AvgIpc) is 2.60. The molecular formula is C19H33N3O3S. The number of hydrogen-bond donors (Lipinski definition) is 1. The molecule has 1 saturated heterocycles. The second-order valence-corrected chi connectivity index (χ2v) is 8.75. The van der Waals surface area contributed by atoms with Crippen molar-refractivity contribution in [2.75, 3.05) is 32.7 Å². The van der Waals surface area contributed by atoms with Gasteiger partial charge in [0, 0.05) is 25.7 Å². The molecule has 7 heteroatoms. The van der Waals surface area contributed by atoms with Gasteiger partial charge in [-0.1, -0.05) is 44.2 Å². The number of likely N-dealkylation sites (N-methyl/N-ethyl adjacent to an activating group) is 1. The van der Waals surface area contributed by atoms with Gasteiger partial charge in [-0.3, -0.25) is 4.90 Å². The van der Waals surface area contributed by atoms with E-state index < -0.39 is 10.2 Å². The maximum absolute atomic E-state index is 12.8. The highest BCUT2D eigenvalue weighted by molar-refractivity contribution is 7.87. The quantitative estimate of drug-likeness (QED) is 0.707. The lowest BCUT2D eigenvalue weighted by Gasteiger charge is -2.35. The molecule has 2 rings (SSSR count). The van der Waals surface area contributed by atoms with E-state index >= 15 is 0 Å². The van der Waals surface area contributed by atoms with Gasteiger partial charge in [0.05, 0.1) is 12.2 Å². The van der Waals surface area contributed by atoms with Crippen molar-refractivity contribution in [2.45, 2.75) is 52.4 Å². The first-order valence-electron chi connectivity index (χ1n) is 9.53. The van der Waals surface area contributed by atoms with Gasteiger partial charge in [0.25, 0.3) is 10.2 Å². The number of benzene rings is 1. The van der Waals surface area contributed by atoms with Crippen molar-refractivity contribution >= 4 is 10.2 Å². The lowest BCUT2D eigenvalue weighted by Crippen LogP contribution is -2.54. The molecule has 26 heavy (non-hydrogen) atoms. The van der Waals surface area contributed by atoms with Gasteiger partial charge >= 0.3 is 0 Å². The first-order valence-corrected chi connectivity index (χ1v) is 11.0. The minimum atomic E-state index is -3.51. The van der Waals surface area contributed by atoms with Crippen molar-refractivity contribution in [3.8, 4) is 0 Å². The van der Waals surface area contributed by atoms with E-state index in [-0.39, 0.29) is 18.2 Å². The molecule has 1 N–H and O–H groups in total. The monoisotopic (exact) mass is 383 g/mol. The topological polar surface area (TPSA) is 61.9 Å². The maximum atomic E-state index is 12.8. The zero-order valence-corrected chi connectivity index (χ0v) is 17.2. The Morgan fingerprint density at radius 3 is 2.27 bits per heavy atom. The Balaban J connectivity index is 2.05. The Kier molecular flexibility index (Phi) is 8.04. The van der Waals surface area contributed by atoms with Crippen LogP contribution in [0.25, 0.3) is 0 Å². The number of nitrogens with zero attached hydrogens (tertiary/aromatic N) is 2. The summed E-state index contributed by atoms with van der Waals surface area (Å²) in [5.41, 5.74) is 1.22. The molecular weight excluding hydrogens is 350 g/mol. The minimum Gasteiger partial charge on any atom is -0.373 e. The van der Waals surface area contributed by atoms with E-state index in [1.807, 2.05) is 32.0 Å². The van der Waals surface area contributed by atoms with E-state index in [9.17, 15) is 8.42 Å². The van der Waals surface area contributed by atoms with E-state index in [1.165, 1.54) is 9.87 Å². The van der Waals surface area contributed by atoms with Crippen molar-refractivity contribution in [1.29, 1.82) is 0 Å². The molecule has 1 aromatic carbocycles. The summed E-state index contributed by atoms with van der Waals surface area (Å²) >= 11 is 0. The summed E-state index contributed by atoms with van der Waals surface area (Å²) in [5, 5.41) is 0. The summed E-state index contributed by atoms with van der Waals surface area (Å²) in [4.78, 5) is 2.31. The van der Waals surface area contributed by atoms with Gasteiger partial charge in [-0.15, -0.1) is 0 Å². The Morgan fingerprint density at radius 1 is 1.15 bits per heavy atom. The lowest BCUT2D eigenvalue weighted by molar-refractivity contribution is -0.0444. The number of nitrogens with one attached hydrogen (secondary N) is 1. The van der Waals surface area contributed by atoms with Crippen LogP contribution in [-0.4, -0.2) is 68.6 Å². The molecule has 6 nitrogen and oxygen atoms in total. The maximum Gasteiger partial charge on any atom is 0.279 e. The van der Waals surface area contributed by atoms with Crippen molar-refractivity contribution in [1.82, 2.24) is 13.9 Å². The third-order valence-corrected chi connectivity index (χ3v) is 6.38. The Labute approximate surface area is 158 Å². The molecule has 3 atom stereocenters. The zero-order valence-electron chi connectivity index (χ0n) is 16.4. The largest absolute Gasteiger partial charge is 0.373 e. The highest BCUT2D eigenvalue weighted by Crippen LogP contribution is 2.14. The molecule has 1 aromatic rings. The lowest BCUT2D eigenvalue weighted by atomic mass is 10.0. The molecule has 0 amide bonds. The van der Waals surface area contributed by atoms with Gasteiger partial charge in [0.15, 0.2) is 0 Å². The third kappa shape index (κ3) is 6.03. The molecule has 1 fully saturated rings. The summed E-state index contributed by atoms with van der Waals surface area (Å²) in [5.74, 6) is 0. The molecule has 0 spiro atoms. The van der Waals surface area contributed by atoms with Crippen LogP contribution in [0.5, 0.6) is 0 Å². The molecule has 1 heterocycles. The molecule has 0 aromatic heterocycles. The SMILES string of the molecule is CCN(CC)[C@H](CNS(=O)(=O)N1C[C@@H](C)O[C@H](C)C1)Cc1ccccc1. The Bertz CT molecular complexity index is 625. The summed E-state index contributed by atoms with van der Waals surface area (Å²) in [6.07, 6.45) is 0.650. The first kappa shape index (κ1) is 21.3. The van der Waals surface area contributed by atoms with Crippen LogP contribution in [0.1, 0.15) is 33.3 Å². The fourth-order valence-corrected chi connectivity index (χ4v) is 4.97. The fourth-order valence-electron chi connectivity index (χ4n) is 3.58. The fraction of sp³-hybridized carbons (Fsp3) is 0.684. The molecule has 1 aliphatic rings. The first-order chi connectivity index (χ1) is 12.4. The van der Waals surface area contributed by atoms with E-state index in [1.54, 1.807) is 0 Å². The van der Waals surface area contributed by atoms with Crippen molar-refractivity contribution < 1.29 is 13.2 Å². The smallest absolute Gasteiger partial charge is 0.279 e. The number of morpholine rings is 1. The highest BCUT2D eigenvalue weighted by Gasteiger charge is 2.31. The molecule has 148 valence electrons. The van der Waals surface area contributed by atoms with Crippen LogP contribution >= 0.6 is 0 Å². The average molecular weight is 384 g/mol. The highest BCUT2D eigenvalue weighted by atomic mass is 32.2. The molecule has 0 saturated carbocycles.